The second kappa shape index (κ2) is 17.5. The Balaban J connectivity index is 1.04. The summed E-state index contributed by atoms with van der Waals surface area (Å²) < 4.78 is 51.6. The summed E-state index contributed by atoms with van der Waals surface area (Å²) in [6, 6.07) is 5.31. The lowest BCUT2D eigenvalue weighted by Gasteiger charge is -2.47. The van der Waals surface area contributed by atoms with E-state index in [9.17, 15) is 28.4 Å². The van der Waals surface area contributed by atoms with E-state index < -0.39 is 65.0 Å². The van der Waals surface area contributed by atoms with Crippen LogP contribution in [0.4, 0.5) is 10.1 Å². The molecule has 1 aromatic carbocycles. The average Bonchev–Trinajstić information content (AvgIpc) is 3.70. The lowest BCUT2D eigenvalue weighted by molar-refractivity contribution is -0.229. The first-order valence-electron chi connectivity index (χ1n) is 21.0. The molecular formula is C43H56FN3O11. The summed E-state index contributed by atoms with van der Waals surface area (Å²) in [4.78, 5) is 67.5. The first-order chi connectivity index (χ1) is 27.8. The van der Waals surface area contributed by atoms with Gasteiger partial charge in [0.25, 0.3) is 5.56 Å². The Bertz CT molecular complexity index is 2150. The lowest BCUT2D eigenvalue weighted by Crippen LogP contribution is -2.48. The number of ether oxygens (including phenoxy) is 5. The number of esters is 2. The van der Waals surface area contributed by atoms with Crippen LogP contribution >= 0.6 is 0 Å². The van der Waals surface area contributed by atoms with E-state index in [0.717, 1.165) is 67.0 Å². The van der Waals surface area contributed by atoms with Crippen molar-refractivity contribution >= 4 is 28.6 Å². The highest BCUT2D eigenvalue weighted by Gasteiger charge is 2.59. The fourth-order valence-electron chi connectivity index (χ4n) is 9.40. The van der Waals surface area contributed by atoms with Crippen molar-refractivity contribution in [3.8, 4) is 0 Å². The Hall–Kier alpha value is -4.34. The molecule has 58 heavy (non-hydrogen) atoms. The van der Waals surface area contributed by atoms with Crippen molar-refractivity contribution < 1.29 is 42.1 Å². The van der Waals surface area contributed by atoms with E-state index in [1.807, 2.05) is 17.1 Å². The fraction of sp³-hybridized carbons (Fsp3) is 0.651. The molecule has 0 bridgehead atoms. The van der Waals surface area contributed by atoms with Gasteiger partial charge in [-0.05, 0) is 70.1 Å². The van der Waals surface area contributed by atoms with Crippen LogP contribution in [0.15, 0.2) is 43.2 Å². The Labute approximate surface area is 336 Å². The number of aromatic amines is 1. The number of aromatic nitrogens is 2. The Morgan fingerprint density at radius 1 is 0.931 bits per heavy atom. The number of benzene rings is 1. The number of halogens is 1. The molecule has 5 heterocycles. The van der Waals surface area contributed by atoms with Gasteiger partial charge in [0.15, 0.2) is 12.0 Å². The van der Waals surface area contributed by atoms with Gasteiger partial charge in [-0.1, -0.05) is 51.9 Å². The number of carbonyl (C=O) groups is 2. The molecule has 0 amide bonds. The number of carbonyl (C=O) groups excluding carboxylic acids is 2. The number of nitrogens with zero attached hydrogens (tertiary/aromatic N) is 2. The quantitative estimate of drug-likeness (QED) is 0.179. The van der Waals surface area contributed by atoms with Crippen LogP contribution in [0, 0.1) is 5.82 Å². The van der Waals surface area contributed by atoms with Gasteiger partial charge in [-0.15, -0.1) is 0 Å². The standard InChI is InChI=1S/C43H56FN3O11/c1-5-53-39(50)29-21-27-20-28-26(2)23-42(3,4)47(31(28)22-32(27)56-40(29)51)19-15-16-34(48)54-25-33-35-36(38(55-33)46-24-30(44)37(49)45-41(46)52)58-43(57-35)17-13-11-9-7-6-8-10-12-14-18-43/h20-22,24,26,33,35-36,38H,5-19,23,25H2,1-4H3,(H,45,49,52)/t26?,33-,35?,36?,38-/m1/s1. The van der Waals surface area contributed by atoms with E-state index >= 15 is 0 Å². The second-order valence-electron chi connectivity index (χ2n) is 16.9. The molecule has 3 aromatic rings. The van der Waals surface area contributed by atoms with Crippen LogP contribution in [-0.4, -0.2) is 70.9 Å². The number of anilines is 1. The fourth-order valence-corrected chi connectivity index (χ4v) is 9.40. The maximum atomic E-state index is 14.5. The molecule has 1 spiro atoms. The molecule has 5 atom stereocenters. The minimum absolute atomic E-state index is 0.0964. The highest BCUT2D eigenvalue weighted by Crippen LogP contribution is 2.48. The van der Waals surface area contributed by atoms with Crippen molar-refractivity contribution in [2.24, 2.45) is 0 Å². The molecule has 3 aliphatic heterocycles. The minimum atomic E-state index is -1.14. The zero-order chi connectivity index (χ0) is 41.2. The molecule has 3 unspecified atom stereocenters. The van der Waals surface area contributed by atoms with Gasteiger partial charge in [0, 0.05) is 48.5 Å². The molecule has 7 rings (SSSR count). The summed E-state index contributed by atoms with van der Waals surface area (Å²) in [7, 11) is 0. The van der Waals surface area contributed by atoms with Gasteiger partial charge < -0.3 is 33.0 Å². The molecule has 0 radical (unpaired) electrons. The predicted molar refractivity (Wildman–Crippen MR) is 212 cm³/mol. The lowest BCUT2D eigenvalue weighted by atomic mass is 9.79. The molecule has 3 fully saturated rings. The molecule has 2 aromatic heterocycles. The summed E-state index contributed by atoms with van der Waals surface area (Å²) in [5.74, 6) is -3.06. The SMILES string of the molecule is CCOC(=O)c1cc2cc3c(cc2oc1=O)N(CCCC(=O)OC[C@H]1O[C@@H](n2cc(F)c(=O)[nH]c2=O)C2OC4(CCCCCCCCCCC4)OC21)C(C)(C)CC3C. The Kier molecular flexibility index (Phi) is 12.6. The molecule has 1 N–H and O–H groups in total. The number of H-pyrrole nitrogens is 1. The minimum Gasteiger partial charge on any atom is -0.463 e. The molecule has 14 nitrogen and oxygen atoms in total. The van der Waals surface area contributed by atoms with Gasteiger partial charge >= 0.3 is 23.3 Å². The zero-order valence-electron chi connectivity index (χ0n) is 34.0. The van der Waals surface area contributed by atoms with Crippen LogP contribution in [0.1, 0.15) is 146 Å². The highest BCUT2D eigenvalue weighted by atomic mass is 19.1. The topological polar surface area (TPSA) is 169 Å². The second-order valence-corrected chi connectivity index (χ2v) is 16.9. The van der Waals surface area contributed by atoms with Crippen LogP contribution < -0.4 is 21.8 Å². The van der Waals surface area contributed by atoms with E-state index in [1.54, 1.807) is 6.92 Å². The van der Waals surface area contributed by atoms with Crippen molar-refractivity contribution in [1.82, 2.24) is 9.55 Å². The van der Waals surface area contributed by atoms with Crippen molar-refractivity contribution in [1.29, 1.82) is 0 Å². The third-order valence-electron chi connectivity index (χ3n) is 12.2. The largest absolute Gasteiger partial charge is 0.463 e. The molecule has 316 valence electrons. The normalized spacial score (nSPS) is 25.7. The molecule has 4 aliphatic rings. The number of nitrogens with one attached hydrogen (secondary N) is 1. The molecule has 1 aliphatic carbocycles. The van der Waals surface area contributed by atoms with E-state index in [-0.39, 0.29) is 36.7 Å². The molecule has 15 heteroatoms. The monoisotopic (exact) mass is 809 g/mol. The Morgan fingerprint density at radius 2 is 1.60 bits per heavy atom. The highest BCUT2D eigenvalue weighted by molar-refractivity contribution is 5.94. The van der Waals surface area contributed by atoms with Crippen molar-refractivity contribution in [3.63, 3.8) is 0 Å². The van der Waals surface area contributed by atoms with E-state index in [0.29, 0.717) is 36.8 Å². The van der Waals surface area contributed by atoms with E-state index in [2.05, 4.69) is 25.7 Å². The third kappa shape index (κ3) is 8.81. The van der Waals surface area contributed by atoms with E-state index in [4.69, 9.17) is 28.1 Å². The average molecular weight is 810 g/mol. The van der Waals surface area contributed by atoms with Gasteiger partial charge in [-0.2, -0.15) is 4.39 Å². The van der Waals surface area contributed by atoms with E-state index in [1.165, 1.54) is 25.3 Å². The van der Waals surface area contributed by atoms with Gasteiger partial charge in [-0.3, -0.25) is 19.1 Å². The summed E-state index contributed by atoms with van der Waals surface area (Å²) in [6.45, 7) is 8.55. The molecular weight excluding hydrogens is 753 g/mol. The molecule has 1 saturated carbocycles. The van der Waals surface area contributed by atoms with Crippen molar-refractivity contribution in [2.75, 3.05) is 24.7 Å². The third-order valence-corrected chi connectivity index (χ3v) is 12.2. The first-order valence-corrected chi connectivity index (χ1v) is 21.0. The van der Waals surface area contributed by atoms with Crippen LogP contribution in [0.25, 0.3) is 11.0 Å². The first kappa shape index (κ1) is 41.8. The van der Waals surface area contributed by atoms with Gasteiger partial charge in [0.2, 0.25) is 5.82 Å². The number of rotatable bonds is 9. The van der Waals surface area contributed by atoms with Crippen molar-refractivity contribution in [2.45, 2.75) is 159 Å². The summed E-state index contributed by atoms with van der Waals surface area (Å²) >= 11 is 0. The predicted octanol–water partition coefficient (Wildman–Crippen LogP) is 6.76. The van der Waals surface area contributed by atoms with Crippen LogP contribution in [0.5, 0.6) is 0 Å². The van der Waals surface area contributed by atoms with Crippen LogP contribution in [0.3, 0.4) is 0 Å². The van der Waals surface area contributed by atoms with Gasteiger partial charge in [-0.25, -0.2) is 14.4 Å². The summed E-state index contributed by atoms with van der Waals surface area (Å²) in [6.07, 6.45) is 9.85. The van der Waals surface area contributed by atoms with Crippen molar-refractivity contribution in [3.05, 3.63) is 72.6 Å². The van der Waals surface area contributed by atoms with Crippen LogP contribution in [-0.2, 0) is 28.5 Å². The van der Waals surface area contributed by atoms with Gasteiger partial charge in [0.1, 0.15) is 36.1 Å². The summed E-state index contributed by atoms with van der Waals surface area (Å²) in [5, 5.41) is 0.625. The maximum absolute atomic E-state index is 14.5. The number of fused-ring (bicyclic) bond motifs is 3. The number of hydrogen-bond acceptors (Lipinski definition) is 12. The summed E-state index contributed by atoms with van der Waals surface area (Å²) in [5.41, 5.74) is -0.899. The zero-order valence-corrected chi connectivity index (χ0v) is 34.0. The Morgan fingerprint density at radius 3 is 2.29 bits per heavy atom. The van der Waals surface area contributed by atoms with Gasteiger partial charge in [0.05, 0.1) is 12.8 Å². The molecule has 2 saturated heterocycles. The van der Waals surface area contributed by atoms with Crippen LogP contribution in [0.2, 0.25) is 0 Å². The number of hydrogen-bond donors (Lipinski definition) is 1. The maximum Gasteiger partial charge on any atom is 0.351 e. The smallest absolute Gasteiger partial charge is 0.351 e.